The normalized spacial score (nSPS) is 10.8. The second-order valence-corrected chi connectivity index (χ2v) is 8.07. The number of hydrogen-bond donors (Lipinski definition) is 1. The highest BCUT2D eigenvalue weighted by molar-refractivity contribution is 7.99. The molecule has 7 nitrogen and oxygen atoms in total. The Morgan fingerprint density at radius 2 is 2.07 bits per heavy atom. The first kappa shape index (κ1) is 21.1. The van der Waals surface area contributed by atoms with Crippen molar-refractivity contribution in [3.63, 3.8) is 0 Å². The number of nitrogens with one attached hydrogen (secondary N) is 1. The number of carbonyl (C=O) groups is 2. The number of rotatable bonds is 8. The van der Waals surface area contributed by atoms with Crippen LogP contribution in [0.2, 0.25) is 0 Å². The second kappa shape index (κ2) is 9.71. The minimum absolute atomic E-state index is 0.0629. The van der Waals surface area contributed by atoms with Crippen molar-refractivity contribution in [1.29, 1.82) is 0 Å². The Labute approximate surface area is 176 Å². The average molecular weight is 432 g/mol. The molecule has 0 bridgehead atoms. The Hall–Kier alpha value is -2.65. The SMILES string of the molecule is CCCCn1c(SCC(=O)Nc2ccsc2C(=O)OC)nc2ccccc2c1=O. The lowest BCUT2D eigenvalue weighted by molar-refractivity contribution is -0.113. The number of esters is 1. The lowest BCUT2D eigenvalue weighted by atomic mass is 10.2. The molecule has 0 radical (unpaired) electrons. The van der Waals surface area contributed by atoms with E-state index >= 15 is 0 Å². The molecule has 0 aliphatic rings. The van der Waals surface area contributed by atoms with Crippen molar-refractivity contribution in [3.8, 4) is 0 Å². The standard InChI is InChI=1S/C20H21N3O4S2/c1-3-4-10-23-18(25)13-7-5-6-8-14(13)22-20(23)29-12-16(24)21-15-9-11-28-17(15)19(26)27-2/h5-9,11H,3-4,10,12H2,1-2H3,(H,21,24). The summed E-state index contributed by atoms with van der Waals surface area (Å²) in [5.41, 5.74) is 0.930. The molecule has 0 spiro atoms. The maximum atomic E-state index is 12.9. The molecule has 1 aromatic carbocycles. The van der Waals surface area contributed by atoms with Crippen LogP contribution in [0.5, 0.6) is 0 Å². The molecule has 1 amide bonds. The number of para-hydroxylation sites is 1. The van der Waals surface area contributed by atoms with E-state index in [1.165, 1.54) is 30.2 Å². The molecular weight excluding hydrogens is 410 g/mol. The van der Waals surface area contributed by atoms with Crippen molar-refractivity contribution in [2.75, 3.05) is 18.2 Å². The zero-order chi connectivity index (χ0) is 20.8. The Kier molecular flexibility index (Phi) is 7.05. The van der Waals surface area contributed by atoms with Crippen LogP contribution in [0, 0.1) is 0 Å². The summed E-state index contributed by atoms with van der Waals surface area (Å²) in [5.74, 6) is -0.719. The van der Waals surface area contributed by atoms with Gasteiger partial charge < -0.3 is 10.1 Å². The van der Waals surface area contributed by atoms with Gasteiger partial charge in [0.05, 0.1) is 29.5 Å². The van der Waals surface area contributed by atoms with E-state index in [1.54, 1.807) is 28.1 Å². The highest BCUT2D eigenvalue weighted by atomic mass is 32.2. The highest BCUT2D eigenvalue weighted by Crippen LogP contribution is 2.24. The Morgan fingerprint density at radius 3 is 2.83 bits per heavy atom. The monoisotopic (exact) mass is 431 g/mol. The molecule has 0 saturated carbocycles. The van der Waals surface area contributed by atoms with Gasteiger partial charge >= 0.3 is 5.97 Å². The number of methoxy groups -OCH3 is 1. The van der Waals surface area contributed by atoms with Gasteiger partial charge in [-0.1, -0.05) is 37.2 Å². The van der Waals surface area contributed by atoms with E-state index in [2.05, 4.69) is 17.2 Å². The number of unbranched alkanes of at least 4 members (excludes halogenated alkanes) is 1. The Balaban J connectivity index is 1.79. The number of carbonyl (C=O) groups excluding carboxylic acids is 2. The number of thioether (sulfide) groups is 1. The van der Waals surface area contributed by atoms with E-state index in [-0.39, 0.29) is 17.2 Å². The number of thiophene rings is 1. The number of nitrogens with zero attached hydrogens (tertiary/aromatic N) is 2. The van der Waals surface area contributed by atoms with Crippen LogP contribution in [0.1, 0.15) is 29.4 Å². The molecule has 29 heavy (non-hydrogen) atoms. The predicted molar refractivity (Wildman–Crippen MR) is 116 cm³/mol. The quantitative estimate of drug-likeness (QED) is 0.332. The molecule has 0 aliphatic heterocycles. The van der Waals surface area contributed by atoms with Crippen molar-refractivity contribution >= 4 is 51.6 Å². The van der Waals surface area contributed by atoms with Gasteiger partial charge in [-0.05, 0) is 30.0 Å². The lowest BCUT2D eigenvalue weighted by Gasteiger charge is -2.12. The smallest absolute Gasteiger partial charge is 0.350 e. The molecule has 0 unspecified atom stereocenters. The van der Waals surface area contributed by atoms with Crippen LogP contribution in [0.4, 0.5) is 5.69 Å². The van der Waals surface area contributed by atoms with E-state index in [1.807, 2.05) is 12.1 Å². The summed E-state index contributed by atoms with van der Waals surface area (Å²) in [6, 6.07) is 8.86. The number of aromatic nitrogens is 2. The van der Waals surface area contributed by atoms with Crippen molar-refractivity contribution in [3.05, 3.63) is 50.9 Å². The molecule has 1 N–H and O–H groups in total. The van der Waals surface area contributed by atoms with Crippen LogP contribution in [0.25, 0.3) is 10.9 Å². The summed E-state index contributed by atoms with van der Waals surface area (Å²) >= 11 is 2.40. The van der Waals surface area contributed by atoms with E-state index in [9.17, 15) is 14.4 Å². The lowest BCUT2D eigenvalue weighted by Crippen LogP contribution is -2.24. The zero-order valence-corrected chi connectivity index (χ0v) is 17.8. The van der Waals surface area contributed by atoms with Gasteiger partial charge in [0.2, 0.25) is 5.91 Å². The van der Waals surface area contributed by atoms with Crippen LogP contribution >= 0.6 is 23.1 Å². The predicted octanol–water partition coefficient (Wildman–Crippen LogP) is 3.78. The van der Waals surface area contributed by atoms with Gasteiger partial charge in [-0.3, -0.25) is 14.2 Å². The number of amides is 1. The maximum absolute atomic E-state index is 12.9. The maximum Gasteiger partial charge on any atom is 0.350 e. The van der Waals surface area contributed by atoms with Gasteiger partial charge in [0.15, 0.2) is 5.16 Å². The van der Waals surface area contributed by atoms with Crippen LogP contribution in [0.15, 0.2) is 45.7 Å². The van der Waals surface area contributed by atoms with Crippen LogP contribution in [-0.2, 0) is 16.1 Å². The summed E-state index contributed by atoms with van der Waals surface area (Å²) < 4.78 is 6.35. The topological polar surface area (TPSA) is 90.3 Å². The Bertz CT molecular complexity index is 1090. The van der Waals surface area contributed by atoms with Crippen molar-refractivity contribution in [2.24, 2.45) is 0 Å². The highest BCUT2D eigenvalue weighted by Gasteiger charge is 2.17. The van der Waals surface area contributed by atoms with Crippen molar-refractivity contribution in [1.82, 2.24) is 9.55 Å². The molecule has 3 rings (SSSR count). The van der Waals surface area contributed by atoms with Gasteiger partial charge in [-0.25, -0.2) is 9.78 Å². The molecule has 0 saturated heterocycles. The van der Waals surface area contributed by atoms with Gasteiger partial charge in [-0.2, -0.15) is 0 Å². The van der Waals surface area contributed by atoms with Gasteiger partial charge in [-0.15, -0.1) is 11.3 Å². The summed E-state index contributed by atoms with van der Waals surface area (Å²) in [6.07, 6.45) is 1.79. The largest absolute Gasteiger partial charge is 0.465 e. The van der Waals surface area contributed by atoms with Gasteiger partial charge in [0.25, 0.3) is 5.56 Å². The molecule has 0 atom stereocenters. The fourth-order valence-electron chi connectivity index (χ4n) is 2.75. The first-order valence-electron chi connectivity index (χ1n) is 9.13. The zero-order valence-electron chi connectivity index (χ0n) is 16.1. The van der Waals surface area contributed by atoms with E-state index in [0.717, 1.165) is 12.8 Å². The first-order valence-corrected chi connectivity index (χ1v) is 11.0. The van der Waals surface area contributed by atoms with Gasteiger partial charge in [0, 0.05) is 6.54 Å². The summed E-state index contributed by atoms with van der Waals surface area (Å²) in [7, 11) is 1.30. The summed E-state index contributed by atoms with van der Waals surface area (Å²) in [4.78, 5) is 42.0. The number of fused-ring (bicyclic) bond motifs is 1. The van der Waals surface area contributed by atoms with E-state index in [0.29, 0.717) is 33.2 Å². The fourth-order valence-corrected chi connectivity index (χ4v) is 4.34. The van der Waals surface area contributed by atoms with Crippen molar-refractivity contribution in [2.45, 2.75) is 31.5 Å². The first-order chi connectivity index (χ1) is 14.0. The third kappa shape index (κ3) is 4.86. The Morgan fingerprint density at radius 1 is 1.28 bits per heavy atom. The number of anilines is 1. The third-order valence-corrected chi connectivity index (χ3v) is 6.08. The molecule has 3 aromatic rings. The molecule has 2 aromatic heterocycles. The van der Waals surface area contributed by atoms with Crippen LogP contribution < -0.4 is 10.9 Å². The molecular formula is C20H21N3O4S2. The fraction of sp³-hybridized carbons (Fsp3) is 0.300. The minimum Gasteiger partial charge on any atom is -0.465 e. The number of benzene rings is 1. The molecule has 152 valence electrons. The summed E-state index contributed by atoms with van der Waals surface area (Å²) in [6.45, 7) is 2.60. The molecule has 9 heteroatoms. The van der Waals surface area contributed by atoms with Crippen LogP contribution in [0.3, 0.4) is 0 Å². The molecule has 2 heterocycles. The third-order valence-electron chi connectivity index (χ3n) is 4.20. The molecule has 0 aliphatic carbocycles. The molecule has 0 fully saturated rings. The number of hydrogen-bond acceptors (Lipinski definition) is 7. The van der Waals surface area contributed by atoms with Crippen molar-refractivity contribution < 1.29 is 14.3 Å². The van der Waals surface area contributed by atoms with E-state index < -0.39 is 5.97 Å². The average Bonchev–Trinajstić information content (AvgIpc) is 3.19. The van der Waals surface area contributed by atoms with Crippen LogP contribution in [-0.4, -0.2) is 34.3 Å². The number of ether oxygens (including phenoxy) is 1. The second-order valence-electron chi connectivity index (χ2n) is 6.21. The van der Waals surface area contributed by atoms with E-state index in [4.69, 9.17) is 4.74 Å². The minimum atomic E-state index is -0.493. The summed E-state index contributed by atoms with van der Waals surface area (Å²) in [5, 5.41) is 5.51. The van der Waals surface area contributed by atoms with Gasteiger partial charge in [0.1, 0.15) is 4.88 Å².